The first kappa shape index (κ1) is 42.9. The van der Waals surface area contributed by atoms with Crippen LogP contribution in [0.3, 0.4) is 0 Å². The van der Waals surface area contributed by atoms with Gasteiger partial charge in [-0.05, 0) is 12.8 Å². The van der Waals surface area contributed by atoms with Gasteiger partial charge in [0.25, 0.3) is 0 Å². The minimum Gasteiger partial charge on any atom is -0.379 e. The van der Waals surface area contributed by atoms with E-state index in [-0.39, 0.29) is 0 Å². The molecule has 0 saturated heterocycles. The third-order valence-electron chi connectivity index (χ3n) is 9.03. The van der Waals surface area contributed by atoms with Crippen LogP contribution in [0.4, 0.5) is 0 Å². The minimum atomic E-state index is 0.696. The number of rotatable bonds is 40. The summed E-state index contributed by atoms with van der Waals surface area (Å²) in [6, 6.07) is 0. The Bertz CT molecular complexity index is 415. The van der Waals surface area contributed by atoms with Crippen molar-refractivity contribution in [3.63, 3.8) is 0 Å². The van der Waals surface area contributed by atoms with Crippen molar-refractivity contribution in [1.29, 1.82) is 0 Å². The molecule has 0 aliphatic carbocycles. The predicted molar refractivity (Wildman–Crippen MR) is 192 cm³/mol. The summed E-state index contributed by atoms with van der Waals surface area (Å²) in [6.07, 6.45) is 45.2. The van der Waals surface area contributed by atoms with Crippen LogP contribution in [0, 0.1) is 0 Å². The zero-order valence-corrected chi connectivity index (χ0v) is 30.1. The summed E-state index contributed by atoms with van der Waals surface area (Å²) < 4.78 is 17.1. The summed E-state index contributed by atoms with van der Waals surface area (Å²) in [5.41, 5.74) is 0. The third kappa shape index (κ3) is 41.9. The zero-order valence-electron chi connectivity index (χ0n) is 30.1. The first-order valence-corrected chi connectivity index (χ1v) is 20.1. The molecule has 0 unspecified atom stereocenters. The molecule has 0 aliphatic rings. The molecule has 0 aromatic heterocycles. The van der Waals surface area contributed by atoms with E-state index in [1.54, 1.807) is 0 Å². The molecular formula is C40H82O3. The van der Waals surface area contributed by atoms with E-state index in [1.165, 1.54) is 205 Å². The Kier molecular flexibility index (Phi) is 41.8. The van der Waals surface area contributed by atoms with Crippen molar-refractivity contribution in [2.24, 2.45) is 0 Å². The molecule has 260 valence electrons. The van der Waals surface area contributed by atoms with Crippen LogP contribution in [-0.2, 0) is 14.2 Å². The second-order valence-corrected chi connectivity index (χ2v) is 13.4. The average molecular weight is 611 g/mol. The van der Waals surface area contributed by atoms with Crippen molar-refractivity contribution >= 4 is 0 Å². The lowest BCUT2D eigenvalue weighted by Crippen LogP contribution is -2.10. The van der Waals surface area contributed by atoms with Gasteiger partial charge >= 0.3 is 0 Å². The Labute approximate surface area is 272 Å². The highest BCUT2D eigenvalue weighted by molar-refractivity contribution is 4.51. The molecule has 0 radical (unpaired) electrons. The molecule has 0 aromatic rings. The number of ether oxygens (including phenoxy) is 3. The van der Waals surface area contributed by atoms with Crippen molar-refractivity contribution in [3.05, 3.63) is 0 Å². The van der Waals surface area contributed by atoms with Crippen LogP contribution in [0.25, 0.3) is 0 Å². The van der Waals surface area contributed by atoms with Crippen molar-refractivity contribution in [3.8, 4) is 0 Å². The molecule has 0 N–H and O–H groups in total. The molecule has 0 atom stereocenters. The van der Waals surface area contributed by atoms with Gasteiger partial charge in [0.1, 0.15) is 0 Å². The van der Waals surface area contributed by atoms with E-state index in [2.05, 4.69) is 13.8 Å². The van der Waals surface area contributed by atoms with Gasteiger partial charge in [0.15, 0.2) is 0 Å². The Morgan fingerprint density at radius 1 is 0.186 bits per heavy atom. The fourth-order valence-electron chi connectivity index (χ4n) is 6.05. The van der Waals surface area contributed by atoms with Gasteiger partial charge in [-0.3, -0.25) is 0 Å². The topological polar surface area (TPSA) is 27.7 Å². The highest BCUT2D eigenvalue weighted by Gasteiger charge is 1.97. The maximum Gasteiger partial charge on any atom is 0.0701 e. The molecule has 3 nitrogen and oxygen atoms in total. The standard InChI is InChI=1S/C40H82O3/c1-3-5-7-9-11-13-15-17-19-21-23-25-27-29-31-33-35-41-37-39-43-40-38-42-36-34-32-30-28-26-24-22-20-18-16-14-12-10-8-6-4-2/h3-40H2,1-2H3. The van der Waals surface area contributed by atoms with Crippen molar-refractivity contribution in [1.82, 2.24) is 0 Å². The fourth-order valence-corrected chi connectivity index (χ4v) is 6.05. The van der Waals surface area contributed by atoms with Crippen LogP contribution >= 0.6 is 0 Å². The molecule has 0 aromatic carbocycles. The highest BCUT2D eigenvalue weighted by Crippen LogP contribution is 2.15. The largest absolute Gasteiger partial charge is 0.379 e. The van der Waals surface area contributed by atoms with E-state index in [1.807, 2.05) is 0 Å². The van der Waals surface area contributed by atoms with E-state index in [9.17, 15) is 0 Å². The van der Waals surface area contributed by atoms with Crippen LogP contribution < -0.4 is 0 Å². The third-order valence-corrected chi connectivity index (χ3v) is 9.03. The highest BCUT2D eigenvalue weighted by atomic mass is 16.5. The van der Waals surface area contributed by atoms with Gasteiger partial charge in [-0.15, -0.1) is 0 Å². The molecule has 0 rings (SSSR count). The SMILES string of the molecule is CCCCCCCCCCCCCCCCCCOCCOCCOCCCCCCCCCCCCCCCCCC. The summed E-state index contributed by atoms with van der Waals surface area (Å²) in [5.74, 6) is 0. The Morgan fingerprint density at radius 2 is 0.349 bits per heavy atom. The van der Waals surface area contributed by atoms with Gasteiger partial charge in [-0.2, -0.15) is 0 Å². The Balaban J connectivity index is 3.02. The van der Waals surface area contributed by atoms with E-state index < -0.39 is 0 Å². The monoisotopic (exact) mass is 611 g/mol. The van der Waals surface area contributed by atoms with Crippen molar-refractivity contribution < 1.29 is 14.2 Å². The summed E-state index contributed by atoms with van der Waals surface area (Å²) in [6.45, 7) is 9.20. The molecule has 0 saturated carbocycles. The first-order valence-electron chi connectivity index (χ1n) is 20.1. The first-order chi connectivity index (χ1) is 21.4. The van der Waals surface area contributed by atoms with Crippen LogP contribution in [0.1, 0.15) is 219 Å². The average Bonchev–Trinajstić information content (AvgIpc) is 3.02. The molecular weight excluding hydrogens is 528 g/mol. The quantitative estimate of drug-likeness (QED) is 0.0646. The normalized spacial score (nSPS) is 11.6. The van der Waals surface area contributed by atoms with Crippen LogP contribution in [-0.4, -0.2) is 39.6 Å². The van der Waals surface area contributed by atoms with Crippen LogP contribution in [0.5, 0.6) is 0 Å². The van der Waals surface area contributed by atoms with Gasteiger partial charge in [-0.1, -0.05) is 206 Å². The summed E-state index contributed by atoms with van der Waals surface area (Å²) in [4.78, 5) is 0. The summed E-state index contributed by atoms with van der Waals surface area (Å²) in [5, 5.41) is 0. The van der Waals surface area contributed by atoms with Gasteiger partial charge in [-0.25, -0.2) is 0 Å². The lowest BCUT2D eigenvalue weighted by molar-refractivity contribution is 0.0132. The number of hydrogen-bond donors (Lipinski definition) is 0. The Morgan fingerprint density at radius 3 is 0.558 bits per heavy atom. The fraction of sp³-hybridized carbons (Fsp3) is 1.00. The van der Waals surface area contributed by atoms with Gasteiger partial charge in [0, 0.05) is 13.2 Å². The lowest BCUT2D eigenvalue weighted by atomic mass is 10.0. The molecule has 0 amide bonds. The molecule has 0 bridgehead atoms. The summed E-state index contributed by atoms with van der Waals surface area (Å²) >= 11 is 0. The van der Waals surface area contributed by atoms with E-state index >= 15 is 0 Å². The van der Waals surface area contributed by atoms with Crippen LogP contribution in [0.2, 0.25) is 0 Å². The van der Waals surface area contributed by atoms with Gasteiger partial charge in [0.2, 0.25) is 0 Å². The second-order valence-electron chi connectivity index (χ2n) is 13.4. The smallest absolute Gasteiger partial charge is 0.0701 e. The lowest BCUT2D eigenvalue weighted by Gasteiger charge is -2.07. The van der Waals surface area contributed by atoms with Crippen molar-refractivity contribution in [2.75, 3.05) is 39.6 Å². The second kappa shape index (κ2) is 41.9. The number of unbranched alkanes of at least 4 members (excludes halogenated alkanes) is 30. The Hall–Kier alpha value is -0.120. The molecule has 0 spiro atoms. The maximum absolute atomic E-state index is 5.73. The maximum atomic E-state index is 5.73. The van der Waals surface area contributed by atoms with Crippen LogP contribution in [0.15, 0.2) is 0 Å². The molecule has 3 heteroatoms. The predicted octanol–water partition coefficient (Wildman–Crippen LogP) is 13.6. The molecule has 0 aliphatic heterocycles. The van der Waals surface area contributed by atoms with E-state index in [4.69, 9.17) is 14.2 Å². The summed E-state index contributed by atoms with van der Waals surface area (Å²) in [7, 11) is 0. The zero-order chi connectivity index (χ0) is 31.0. The minimum absolute atomic E-state index is 0.696. The van der Waals surface area contributed by atoms with E-state index in [0.717, 1.165) is 26.4 Å². The number of hydrogen-bond acceptors (Lipinski definition) is 3. The van der Waals surface area contributed by atoms with Gasteiger partial charge < -0.3 is 14.2 Å². The van der Waals surface area contributed by atoms with Crippen molar-refractivity contribution in [2.45, 2.75) is 219 Å². The molecule has 43 heavy (non-hydrogen) atoms. The molecule has 0 heterocycles. The van der Waals surface area contributed by atoms with E-state index in [0.29, 0.717) is 13.2 Å². The van der Waals surface area contributed by atoms with Gasteiger partial charge in [0.05, 0.1) is 26.4 Å². The molecule has 0 fully saturated rings.